The van der Waals surface area contributed by atoms with Crippen molar-refractivity contribution in [3.8, 4) is 0 Å². The highest BCUT2D eigenvalue weighted by Crippen LogP contribution is 2.28. The van der Waals surface area contributed by atoms with Crippen LogP contribution >= 0.6 is 0 Å². The summed E-state index contributed by atoms with van der Waals surface area (Å²) in [4.78, 5) is 13.0. The molecule has 202 valence electrons. The smallest absolute Gasteiger partial charge is 0.243 e. The van der Waals surface area contributed by atoms with Gasteiger partial charge in [-0.3, -0.25) is 4.79 Å². The van der Waals surface area contributed by atoms with Crippen molar-refractivity contribution in [2.75, 3.05) is 19.6 Å². The predicted octanol–water partition coefficient (Wildman–Crippen LogP) is 3.64. The lowest BCUT2D eigenvalue weighted by atomic mass is 9.95. The van der Waals surface area contributed by atoms with E-state index in [0.717, 1.165) is 50.7 Å². The third kappa shape index (κ3) is 6.76. The number of sulfonamides is 2. The molecule has 0 radical (unpaired) electrons. The Bertz CT molecular complexity index is 1270. The van der Waals surface area contributed by atoms with Gasteiger partial charge in [-0.2, -0.15) is 8.61 Å². The predicted molar refractivity (Wildman–Crippen MR) is 138 cm³/mol. The van der Waals surface area contributed by atoms with E-state index in [1.807, 2.05) is 0 Å². The molecular weight excluding hydrogens is 517 g/mol. The molecule has 11 heteroatoms. The highest BCUT2D eigenvalue weighted by molar-refractivity contribution is 7.89. The Balaban J connectivity index is 1.42. The van der Waals surface area contributed by atoms with Gasteiger partial charge in [0.1, 0.15) is 5.82 Å². The number of rotatable bonds is 9. The standard InChI is InChI=1S/C26H34FN3O5S2/c27-22-11-15-25(16-12-22)37(34,35)30(23-7-3-1-4-8-23)20-26(31)28-19-21-9-13-24(14-10-21)36(32,33)29-17-5-2-6-18-29/h9-16,23H,1-8,17-20H2,(H,28,31). The first-order chi connectivity index (χ1) is 17.7. The Labute approximate surface area is 219 Å². The van der Waals surface area contributed by atoms with Crippen LogP contribution in [0.15, 0.2) is 58.3 Å². The van der Waals surface area contributed by atoms with Crippen molar-refractivity contribution < 1.29 is 26.0 Å². The second-order valence-corrected chi connectivity index (χ2v) is 13.5. The number of carbonyl (C=O) groups is 1. The Morgan fingerprint density at radius 2 is 1.41 bits per heavy atom. The minimum Gasteiger partial charge on any atom is -0.351 e. The van der Waals surface area contributed by atoms with Crippen LogP contribution in [0.1, 0.15) is 56.9 Å². The first-order valence-corrected chi connectivity index (χ1v) is 15.7. The molecule has 2 fully saturated rings. The molecule has 1 saturated carbocycles. The van der Waals surface area contributed by atoms with E-state index in [0.29, 0.717) is 31.5 Å². The molecule has 8 nitrogen and oxygen atoms in total. The van der Waals surface area contributed by atoms with Crippen LogP contribution in [-0.2, 0) is 31.4 Å². The Hall–Kier alpha value is -2.34. The van der Waals surface area contributed by atoms with Crippen molar-refractivity contribution in [1.82, 2.24) is 13.9 Å². The molecule has 1 N–H and O–H groups in total. The molecule has 0 bridgehead atoms. The SMILES string of the molecule is O=C(CN(C1CCCCC1)S(=O)(=O)c1ccc(F)cc1)NCc1ccc(S(=O)(=O)N2CCCCC2)cc1. The molecule has 2 aliphatic rings. The van der Waals surface area contributed by atoms with E-state index in [2.05, 4.69) is 5.32 Å². The number of amides is 1. The first-order valence-electron chi connectivity index (χ1n) is 12.8. The molecule has 1 heterocycles. The van der Waals surface area contributed by atoms with Crippen molar-refractivity contribution >= 4 is 26.0 Å². The minimum atomic E-state index is -3.99. The summed E-state index contributed by atoms with van der Waals surface area (Å²) in [6, 6.07) is 10.7. The molecule has 1 aliphatic heterocycles. The van der Waals surface area contributed by atoms with Gasteiger partial charge in [-0.05, 0) is 67.6 Å². The minimum absolute atomic E-state index is 0.0437. The fourth-order valence-corrected chi connectivity index (χ4v) is 8.11. The van der Waals surface area contributed by atoms with E-state index in [1.165, 1.54) is 20.7 Å². The summed E-state index contributed by atoms with van der Waals surface area (Å²) < 4.78 is 68.6. The van der Waals surface area contributed by atoms with Gasteiger partial charge in [0.15, 0.2) is 0 Å². The van der Waals surface area contributed by atoms with E-state index < -0.39 is 31.8 Å². The summed E-state index contributed by atoms with van der Waals surface area (Å²) in [5.41, 5.74) is 0.705. The second kappa shape index (κ2) is 12.0. The molecule has 1 aliphatic carbocycles. The van der Waals surface area contributed by atoms with E-state index >= 15 is 0 Å². The van der Waals surface area contributed by atoms with Crippen LogP contribution in [0.2, 0.25) is 0 Å². The third-order valence-corrected chi connectivity index (χ3v) is 10.9. The molecule has 0 atom stereocenters. The van der Waals surface area contributed by atoms with Gasteiger partial charge in [-0.1, -0.05) is 37.8 Å². The quantitative estimate of drug-likeness (QED) is 0.513. The van der Waals surface area contributed by atoms with Crippen molar-refractivity contribution in [1.29, 1.82) is 0 Å². The maximum atomic E-state index is 13.4. The van der Waals surface area contributed by atoms with Gasteiger partial charge in [-0.15, -0.1) is 0 Å². The number of hydrogen-bond acceptors (Lipinski definition) is 5. The normalized spacial score (nSPS) is 18.1. The molecule has 37 heavy (non-hydrogen) atoms. The molecular formula is C26H34FN3O5S2. The number of piperidine rings is 1. The lowest BCUT2D eigenvalue weighted by Crippen LogP contribution is -2.46. The van der Waals surface area contributed by atoms with Crippen LogP contribution in [-0.4, -0.2) is 57.0 Å². The first kappa shape index (κ1) is 27.7. The van der Waals surface area contributed by atoms with E-state index in [1.54, 1.807) is 24.3 Å². The van der Waals surface area contributed by atoms with Gasteiger partial charge in [0, 0.05) is 25.7 Å². The molecule has 0 spiro atoms. The van der Waals surface area contributed by atoms with Crippen LogP contribution < -0.4 is 5.32 Å². The van der Waals surface area contributed by atoms with Crippen molar-refractivity contribution in [2.24, 2.45) is 0 Å². The van der Waals surface area contributed by atoms with Gasteiger partial charge in [-0.25, -0.2) is 21.2 Å². The fourth-order valence-electron chi connectivity index (χ4n) is 4.95. The van der Waals surface area contributed by atoms with Gasteiger partial charge in [0.2, 0.25) is 26.0 Å². The van der Waals surface area contributed by atoms with Gasteiger partial charge in [0.25, 0.3) is 0 Å². The summed E-state index contributed by atoms with van der Waals surface area (Å²) in [7, 11) is -7.53. The van der Waals surface area contributed by atoms with E-state index in [9.17, 15) is 26.0 Å². The lowest BCUT2D eigenvalue weighted by molar-refractivity contribution is -0.121. The molecule has 1 saturated heterocycles. The maximum absolute atomic E-state index is 13.4. The zero-order chi connectivity index (χ0) is 26.5. The van der Waals surface area contributed by atoms with Crippen molar-refractivity contribution in [3.05, 3.63) is 59.9 Å². The molecule has 2 aromatic rings. The zero-order valence-electron chi connectivity index (χ0n) is 20.8. The number of hydrogen-bond donors (Lipinski definition) is 1. The summed E-state index contributed by atoms with van der Waals surface area (Å²) in [5.74, 6) is -0.989. The average molecular weight is 552 g/mol. The monoisotopic (exact) mass is 551 g/mol. The Morgan fingerprint density at radius 3 is 2.03 bits per heavy atom. The highest BCUT2D eigenvalue weighted by Gasteiger charge is 2.34. The summed E-state index contributed by atoms with van der Waals surface area (Å²) in [6.45, 7) is 0.848. The second-order valence-electron chi connectivity index (χ2n) is 9.68. The number of halogens is 1. The van der Waals surface area contributed by atoms with Crippen LogP contribution in [0.3, 0.4) is 0 Å². The van der Waals surface area contributed by atoms with E-state index in [4.69, 9.17) is 0 Å². The van der Waals surface area contributed by atoms with Crippen LogP contribution in [0, 0.1) is 5.82 Å². The summed E-state index contributed by atoms with van der Waals surface area (Å²) >= 11 is 0. The largest absolute Gasteiger partial charge is 0.351 e. The van der Waals surface area contributed by atoms with Crippen LogP contribution in [0.5, 0.6) is 0 Å². The lowest BCUT2D eigenvalue weighted by Gasteiger charge is -2.33. The number of benzene rings is 2. The molecule has 0 unspecified atom stereocenters. The maximum Gasteiger partial charge on any atom is 0.243 e. The zero-order valence-corrected chi connectivity index (χ0v) is 22.4. The molecule has 0 aromatic heterocycles. The van der Waals surface area contributed by atoms with Gasteiger partial charge >= 0.3 is 0 Å². The van der Waals surface area contributed by atoms with Crippen LogP contribution in [0.4, 0.5) is 4.39 Å². The highest BCUT2D eigenvalue weighted by atomic mass is 32.2. The van der Waals surface area contributed by atoms with E-state index in [-0.39, 0.29) is 28.9 Å². The van der Waals surface area contributed by atoms with Gasteiger partial charge < -0.3 is 5.32 Å². The summed E-state index contributed by atoms with van der Waals surface area (Å²) in [5, 5.41) is 2.76. The molecule has 2 aromatic carbocycles. The molecule has 4 rings (SSSR count). The topological polar surface area (TPSA) is 104 Å². The Morgan fingerprint density at radius 1 is 0.838 bits per heavy atom. The number of nitrogens with one attached hydrogen (secondary N) is 1. The average Bonchev–Trinajstić information content (AvgIpc) is 2.92. The fraction of sp³-hybridized carbons (Fsp3) is 0.500. The Kier molecular flexibility index (Phi) is 8.99. The summed E-state index contributed by atoms with van der Waals surface area (Å²) in [6.07, 6.45) is 6.88. The van der Waals surface area contributed by atoms with Crippen LogP contribution in [0.25, 0.3) is 0 Å². The molecule has 1 amide bonds. The third-order valence-electron chi connectivity index (χ3n) is 7.07. The van der Waals surface area contributed by atoms with Crippen molar-refractivity contribution in [2.45, 2.75) is 73.7 Å². The number of carbonyl (C=O) groups excluding carboxylic acids is 1. The van der Waals surface area contributed by atoms with Crippen molar-refractivity contribution in [3.63, 3.8) is 0 Å². The number of nitrogens with zero attached hydrogens (tertiary/aromatic N) is 2. The van der Waals surface area contributed by atoms with Gasteiger partial charge in [0.05, 0.1) is 16.3 Å².